The summed E-state index contributed by atoms with van der Waals surface area (Å²) in [5.74, 6) is -2.11. The molecular weight excluding hydrogens is 279 g/mol. The molecule has 0 fully saturated rings. The van der Waals surface area contributed by atoms with Gasteiger partial charge in [0.1, 0.15) is 17.7 Å². The number of ether oxygens (including phenoxy) is 1. The number of fused-ring (bicyclic) bond motifs is 1. The van der Waals surface area contributed by atoms with E-state index in [-0.39, 0.29) is 18.2 Å². The van der Waals surface area contributed by atoms with E-state index in [1.165, 1.54) is 0 Å². The second-order valence-corrected chi connectivity index (χ2v) is 5.04. The molecule has 0 radical (unpaired) electrons. The van der Waals surface area contributed by atoms with Gasteiger partial charge in [-0.05, 0) is 17.7 Å². The maximum Gasteiger partial charge on any atom is 0.161 e. The molecule has 1 aliphatic heterocycles. The van der Waals surface area contributed by atoms with E-state index in [4.69, 9.17) is 4.74 Å². The van der Waals surface area contributed by atoms with Crippen molar-refractivity contribution in [3.05, 3.63) is 65.0 Å². The van der Waals surface area contributed by atoms with Gasteiger partial charge in [-0.15, -0.1) is 0 Å². The fourth-order valence-corrected chi connectivity index (χ4v) is 2.43. The van der Waals surface area contributed by atoms with Crippen LogP contribution in [0.5, 0.6) is 5.75 Å². The first-order chi connectivity index (χ1) is 10.1. The van der Waals surface area contributed by atoms with Gasteiger partial charge in [0.05, 0.1) is 0 Å². The highest BCUT2D eigenvalue weighted by atomic mass is 19.2. The molecule has 1 aliphatic rings. The summed E-state index contributed by atoms with van der Waals surface area (Å²) in [7, 11) is 0. The lowest BCUT2D eigenvalue weighted by Crippen LogP contribution is -2.30. The van der Waals surface area contributed by atoms with E-state index in [0.29, 0.717) is 12.6 Å². The molecule has 0 aliphatic carbocycles. The van der Waals surface area contributed by atoms with Gasteiger partial charge in [-0.2, -0.15) is 0 Å². The van der Waals surface area contributed by atoms with E-state index in [2.05, 4.69) is 5.32 Å². The van der Waals surface area contributed by atoms with Crippen molar-refractivity contribution in [1.82, 2.24) is 5.32 Å². The zero-order valence-electron chi connectivity index (χ0n) is 11.2. The Morgan fingerprint density at radius 3 is 2.62 bits per heavy atom. The number of rotatable bonds is 4. The average Bonchev–Trinajstić information content (AvgIpc) is 2.87. The molecule has 0 bridgehead atoms. The van der Waals surface area contributed by atoms with Crippen LogP contribution in [0.25, 0.3) is 0 Å². The maximum atomic E-state index is 13.5. The average molecular weight is 293 g/mol. The summed E-state index contributed by atoms with van der Waals surface area (Å²) in [6, 6.07) is 9.21. The number of hydrogen-bond acceptors (Lipinski definition) is 2. The Morgan fingerprint density at radius 1 is 1.05 bits per heavy atom. The molecule has 1 unspecified atom stereocenters. The van der Waals surface area contributed by atoms with Crippen molar-refractivity contribution in [3.8, 4) is 5.75 Å². The van der Waals surface area contributed by atoms with Gasteiger partial charge in [-0.3, -0.25) is 0 Å². The number of para-hydroxylation sites is 1. The van der Waals surface area contributed by atoms with Crippen molar-refractivity contribution in [1.29, 1.82) is 0 Å². The number of benzene rings is 2. The van der Waals surface area contributed by atoms with E-state index < -0.39 is 17.5 Å². The van der Waals surface area contributed by atoms with Gasteiger partial charge >= 0.3 is 0 Å². The van der Waals surface area contributed by atoms with Crippen molar-refractivity contribution in [2.45, 2.75) is 19.1 Å². The zero-order valence-corrected chi connectivity index (χ0v) is 11.2. The van der Waals surface area contributed by atoms with Crippen LogP contribution in [-0.2, 0) is 13.0 Å². The van der Waals surface area contributed by atoms with Gasteiger partial charge in [0.2, 0.25) is 0 Å². The highest BCUT2D eigenvalue weighted by molar-refractivity contribution is 5.37. The molecule has 2 nitrogen and oxygen atoms in total. The number of nitrogens with one attached hydrogen (secondary N) is 1. The monoisotopic (exact) mass is 293 g/mol. The molecule has 110 valence electrons. The van der Waals surface area contributed by atoms with Crippen molar-refractivity contribution in [2.75, 3.05) is 6.54 Å². The minimum atomic E-state index is -1.18. The van der Waals surface area contributed by atoms with Crippen LogP contribution >= 0.6 is 0 Å². The van der Waals surface area contributed by atoms with Crippen LogP contribution < -0.4 is 10.1 Å². The summed E-state index contributed by atoms with van der Waals surface area (Å²) >= 11 is 0. The molecule has 0 spiro atoms. The second-order valence-electron chi connectivity index (χ2n) is 5.04. The lowest BCUT2D eigenvalue weighted by molar-refractivity contribution is 0.227. The first kappa shape index (κ1) is 13.9. The fourth-order valence-electron chi connectivity index (χ4n) is 2.43. The predicted molar refractivity (Wildman–Crippen MR) is 72.6 cm³/mol. The highest BCUT2D eigenvalue weighted by Crippen LogP contribution is 2.27. The van der Waals surface area contributed by atoms with E-state index >= 15 is 0 Å². The normalized spacial score (nSPS) is 16.6. The van der Waals surface area contributed by atoms with Crippen LogP contribution in [0.4, 0.5) is 13.2 Å². The third-order valence-electron chi connectivity index (χ3n) is 3.49. The molecule has 2 aromatic carbocycles. The molecule has 1 heterocycles. The van der Waals surface area contributed by atoms with Gasteiger partial charge < -0.3 is 10.1 Å². The van der Waals surface area contributed by atoms with E-state index in [1.807, 2.05) is 24.3 Å². The van der Waals surface area contributed by atoms with Crippen molar-refractivity contribution in [3.63, 3.8) is 0 Å². The minimum Gasteiger partial charge on any atom is -0.488 e. The lowest BCUT2D eigenvalue weighted by atomic mass is 10.1. The van der Waals surface area contributed by atoms with E-state index in [9.17, 15) is 13.2 Å². The van der Waals surface area contributed by atoms with Crippen LogP contribution in [-0.4, -0.2) is 12.6 Å². The predicted octanol–water partition coefficient (Wildman–Crippen LogP) is 3.20. The van der Waals surface area contributed by atoms with Crippen LogP contribution in [0, 0.1) is 17.5 Å². The quantitative estimate of drug-likeness (QED) is 0.874. The molecule has 0 amide bonds. The van der Waals surface area contributed by atoms with Crippen LogP contribution in [0.1, 0.15) is 11.1 Å². The summed E-state index contributed by atoms with van der Waals surface area (Å²) in [4.78, 5) is 0. The lowest BCUT2D eigenvalue weighted by Gasteiger charge is -2.12. The summed E-state index contributed by atoms with van der Waals surface area (Å²) in [5, 5.41) is 3.01. The van der Waals surface area contributed by atoms with Gasteiger partial charge in [0.15, 0.2) is 11.6 Å². The molecule has 0 saturated carbocycles. The molecule has 0 saturated heterocycles. The van der Waals surface area contributed by atoms with Crippen molar-refractivity contribution >= 4 is 0 Å². The Labute approximate surface area is 120 Å². The molecule has 5 heteroatoms. The molecule has 3 rings (SSSR count). The maximum absolute atomic E-state index is 13.5. The molecule has 1 atom stereocenters. The number of hydrogen-bond donors (Lipinski definition) is 1. The molecule has 2 aromatic rings. The Bertz CT molecular complexity index is 635. The third-order valence-corrected chi connectivity index (χ3v) is 3.49. The Kier molecular flexibility index (Phi) is 3.84. The van der Waals surface area contributed by atoms with Crippen molar-refractivity contribution < 1.29 is 17.9 Å². The first-order valence-corrected chi connectivity index (χ1v) is 6.72. The van der Waals surface area contributed by atoms with Gasteiger partial charge in [0, 0.05) is 31.1 Å². The molecule has 0 aromatic heterocycles. The first-order valence-electron chi connectivity index (χ1n) is 6.72. The van der Waals surface area contributed by atoms with Gasteiger partial charge in [-0.1, -0.05) is 18.2 Å². The van der Waals surface area contributed by atoms with E-state index in [0.717, 1.165) is 23.8 Å². The fraction of sp³-hybridized carbons (Fsp3) is 0.250. The Balaban J connectivity index is 1.55. The van der Waals surface area contributed by atoms with E-state index in [1.54, 1.807) is 0 Å². The summed E-state index contributed by atoms with van der Waals surface area (Å²) in [6.07, 6.45) is 0.749. The van der Waals surface area contributed by atoms with Crippen molar-refractivity contribution in [2.24, 2.45) is 0 Å². The smallest absolute Gasteiger partial charge is 0.161 e. The summed E-state index contributed by atoms with van der Waals surface area (Å²) in [5.41, 5.74) is 1.24. The topological polar surface area (TPSA) is 21.3 Å². The molecular formula is C16H14F3NO. The zero-order chi connectivity index (χ0) is 14.8. The van der Waals surface area contributed by atoms with Crippen LogP contribution in [0.15, 0.2) is 36.4 Å². The second kappa shape index (κ2) is 5.77. The summed E-state index contributed by atoms with van der Waals surface area (Å²) in [6.45, 7) is 0.631. The van der Waals surface area contributed by atoms with Gasteiger partial charge in [-0.25, -0.2) is 13.2 Å². The SMILES string of the molecule is Fc1cc(F)c(CNCC2Cc3ccccc3O2)cc1F. The minimum absolute atomic E-state index is 0.0317. The number of halogens is 3. The Morgan fingerprint density at radius 2 is 1.81 bits per heavy atom. The largest absolute Gasteiger partial charge is 0.488 e. The Hall–Kier alpha value is -2.01. The third kappa shape index (κ3) is 3.03. The highest BCUT2D eigenvalue weighted by Gasteiger charge is 2.21. The van der Waals surface area contributed by atoms with Crippen LogP contribution in [0.2, 0.25) is 0 Å². The standard InChI is InChI=1S/C16H14F3NO/c17-13-7-15(19)14(18)6-11(13)8-20-9-12-5-10-3-1-2-4-16(10)21-12/h1-4,6-7,12,20H,5,8-9H2. The molecule has 1 N–H and O–H groups in total. The van der Waals surface area contributed by atoms with Gasteiger partial charge in [0.25, 0.3) is 0 Å². The summed E-state index contributed by atoms with van der Waals surface area (Å²) < 4.78 is 45.1. The molecule has 21 heavy (non-hydrogen) atoms. The van der Waals surface area contributed by atoms with Crippen LogP contribution in [0.3, 0.4) is 0 Å².